The molecule has 0 N–H and O–H groups in total. The number of carbonyl (C=O) groups is 1. The van der Waals surface area contributed by atoms with Gasteiger partial charge in [-0.2, -0.15) is 0 Å². The van der Waals surface area contributed by atoms with Gasteiger partial charge in [-0.3, -0.25) is 4.79 Å². The highest BCUT2D eigenvalue weighted by Crippen LogP contribution is 2.45. The third kappa shape index (κ3) is 4.62. The van der Waals surface area contributed by atoms with Gasteiger partial charge >= 0.3 is 5.97 Å². The molecule has 0 aromatic carbocycles. The molecule has 0 unspecified atom stereocenters. The lowest BCUT2D eigenvalue weighted by atomic mass is 9.86. The van der Waals surface area contributed by atoms with Crippen LogP contribution in [-0.4, -0.2) is 24.3 Å². The molecule has 0 radical (unpaired) electrons. The maximum absolute atomic E-state index is 12.2. The summed E-state index contributed by atoms with van der Waals surface area (Å²) in [6.07, 6.45) is 5.69. The first-order chi connectivity index (χ1) is 9.22. The van der Waals surface area contributed by atoms with Crippen molar-refractivity contribution in [3.05, 3.63) is 12.7 Å². The molecule has 1 aliphatic rings. The normalized spacial score (nSPS) is 30.2. The van der Waals surface area contributed by atoms with Crippen LogP contribution in [0, 0.1) is 11.3 Å². The lowest BCUT2D eigenvalue weighted by Gasteiger charge is -2.27. The van der Waals surface area contributed by atoms with E-state index in [0.29, 0.717) is 0 Å². The van der Waals surface area contributed by atoms with Crippen molar-refractivity contribution in [1.82, 2.24) is 0 Å². The van der Waals surface area contributed by atoms with Crippen LogP contribution in [-0.2, 0) is 14.3 Å². The van der Waals surface area contributed by atoms with E-state index in [1.807, 2.05) is 26.8 Å². The molecule has 0 aliphatic heterocycles. The fourth-order valence-electron chi connectivity index (χ4n) is 2.68. The zero-order valence-corrected chi connectivity index (χ0v) is 13.7. The molecular formula is C17H30O3. The number of carbonyl (C=O) groups excluding carboxylic acids is 1. The second-order valence-corrected chi connectivity index (χ2v) is 7.09. The third-order valence-electron chi connectivity index (χ3n) is 3.94. The lowest BCUT2D eigenvalue weighted by molar-refractivity contribution is -0.160. The van der Waals surface area contributed by atoms with Gasteiger partial charge in [-0.05, 0) is 40.0 Å². The van der Waals surface area contributed by atoms with Crippen LogP contribution in [0.3, 0.4) is 0 Å². The van der Waals surface area contributed by atoms with Gasteiger partial charge in [0.05, 0.1) is 12.0 Å². The highest BCUT2D eigenvalue weighted by molar-refractivity contribution is 5.73. The smallest absolute Gasteiger partial charge is 0.309 e. The standard InChI is InChI=1S/C17H30O3/c1-7-9-10-19-14-11-13(12-17(14,6)8-2)15(18)20-16(3,4)5/h8,13-14H,2,7,9-12H2,1,3-6H3/t13-,14+,17+/m1/s1. The van der Waals surface area contributed by atoms with Crippen molar-refractivity contribution in [2.75, 3.05) is 6.61 Å². The van der Waals surface area contributed by atoms with Crippen molar-refractivity contribution in [3.63, 3.8) is 0 Å². The zero-order valence-electron chi connectivity index (χ0n) is 13.7. The predicted octanol–water partition coefficient (Wildman–Crippen LogP) is 4.12. The summed E-state index contributed by atoms with van der Waals surface area (Å²) in [5, 5.41) is 0. The Labute approximate surface area is 123 Å². The van der Waals surface area contributed by atoms with Crippen LogP contribution in [0.2, 0.25) is 0 Å². The molecule has 0 heterocycles. The Morgan fingerprint density at radius 3 is 2.60 bits per heavy atom. The van der Waals surface area contributed by atoms with E-state index >= 15 is 0 Å². The Hall–Kier alpha value is -0.830. The zero-order chi connectivity index (χ0) is 15.4. The highest BCUT2D eigenvalue weighted by Gasteiger charge is 2.46. The fourth-order valence-corrected chi connectivity index (χ4v) is 2.68. The van der Waals surface area contributed by atoms with E-state index in [4.69, 9.17) is 9.47 Å². The summed E-state index contributed by atoms with van der Waals surface area (Å²) >= 11 is 0. The Balaban J connectivity index is 2.65. The summed E-state index contributed by atoms with van der Waals surface area (Å²) in [6.45, 7) is 14.7. The van der Waals surface area contributed by atoms with Crippen molar-refractivity contribution < 1.29 is 14.3 Å². The van der Waals surface area contributed by atoms with Crippen LogP contribution in [0.25, 0.3) is 0 Å². The minimum absolute atomic E-state index is 0.0732. The number of hydrogen-bond acceptors (Lipinski definition) is 3. The third-order valence-corrected chi connectivity index (χ3v) is 3.94. The monoisotopic (exact) mass is 282 g/mol. The van der Waals surface area contributed by atoms with Crippen LogP contribution >= 0.6 is 0 Å². The van der Waals surface area contributed by atoms with Crippen LogP contribution in [0.1, 0.15) is 60.3 Å². The van der Waals surface area contributed by atoms with E-state index in [9.17, 15) is 4.79 Å². The highest BCUT2D eigenvalue weighted by atomic mass is 16.6. The summed E-state index contributed by atoms with van der Waals surface area (Å²) in [4.78, 5) is 12.2. The van der Waals surface area contributed by atoms with E-state index in [-0.39, 0.29) is 23.4 Å². The van der Waals surface area contributed by atoms with Crippen molar-refractivity contribution in [1.29, 1.82) is 0 Å². The first kappa shape index (κ1) is 17.2. The molecule has 0 spiro atoms. The lowest BCUT2D eigenvalue weighted by Crippen LogP contribution is -2.28. The van der Waals surface area contributed by atoms with E-state index in [0.717, 1.165) is 32.3 Å². The number of rotatable bonds is 6. The van der Waals surface area contributed by atoms with Crippen molar-refractivity contribution >= 4 is 5.97 Å². The van der Waals surface area contributed by atoms with Gasteiger partial charge in [0.1, 0.15) is 5.60 Å². The SMILES string of the molecule is C=C[C@@]1(C)C[C@H](C(=O)OC(C)(C)C)C[C@@H]1OCCCC. The molecule has 0 bridgehead atoms. The van der Waals surface area contributed by atoms with Crippen molar-refractivity contribution in [2.24, 2.45) is 11.3 Å². The molecule has 0 aromatic heterocycles. The Morgan fingerprint density at radius 2 is 2.10 bits per heavy atom. The quantitative estimate of drug-likeness (QED) is 0.418. The average molecular weight is 282 g/mol. The van der Waals surface area contributed by atoms with E-state index < -0.39 is 5.60 Å². The molecule has 1 aliphatic carbocycles. The molecule has 3 nitrogen and oxygen atoms in total. The van der Waals surface area contributed by atoms with Gasteiger partial charge in [-0.15, -0.1) is 6.58 Å². The fraction of sp³-hybridized carbons (Fsp3) is 0.824. The topological polar surface area (TPSA) is 35.5 Å². The second kappa shape index (κ2) is 6.75. The van der Waals surface area contributed by atoms with Crippen LogP contribution in [0.5, 0.6) is 0 Å². The van der Waals surface area contributed by atoms with Gasteiger partial charge in [0.2, 0.25) is 0 Å². The van der Waals surface area contributed by atoms with Gasteiger partial charge in [0, 0.05) is 12.0 Å². The van der Waals surface area contributed by atoms with E-state index in [1.165, 1.54) is 0 Å². The maximum atomic E-state index is 12.2. The molecule has 20 heavy (non-hydrogen) atoms. The van der Waals surface area contributed by atoms with Crippen molar-refractivity contribution in [3.8, 4) is 0 Å². The predicted molar refractivity (Wildman–Crippen MR) is 81.5 cm³/mol. The Morgan fingerprint density at radius 1 is 1.45 bits per heavy atom. The first-order valence-electron chi connectivity index (χ1n) is 7.70. The van der Waals surface area contributed by atoms with Gasteiger partial charge < -0.3 is 9.47 Å². The Kier molecular flexibility index (Phi) is 5.81. The van der Waals surface area contributed by atoms with Gasteiger partial charge in [-0.25, -0.2) is 0 Å². The summed E-state index contributed by atoms with van der Waals surface area (Å²) in [6, 6.07) is 0. The van der Waals surface area contributed by atoms with Crippen molar-refractivity contribution in [2.45, 2.75) is 72.0 Å². The van der Waals surface area contributed by atoms with E-state index in [1.54, 1.807) is 0 Å². The summed E-state index contributed by atoms with van der Waals surface area (Å²) in [5.74, 6) is -0.184. The molecule has 0 saturated heterocycles. The number of esters is 1. The Bertz CT molecular complexity index is 343. The number of ether oxygens (including phenoxy) is 2. The summed E-state index contributed by atoms with van der Waals surface area (Å²) in [5.41, 5.74) is -0.557. The van der Waals surface area contributed by atoms with Gasteiger partial charge in [-0.1, -0.05) is 26.3 Å². The van der Waals surface area contributed by atoms with E-state index in [2.05, 4.69) is 20.4 Å². The average Bonchev–Trinajstić information content (AvgIpc) is 2.66. The second-order valence-electron chi connectivity index (χ2n) is 7.09. The molecule has 0 aromatic rings. The first-order valence-corrected chi connectivity index (χ1v) is 7.70. The van der Waals surface area contributed by atoms with Crippen LogP contribution in [0.4, 0.5) is 0 Å². The van der Waals surface area contributed by atoms with Crippen LogP contribution in [0.15, 0.2) is 12.7 Å². The minimum atomic E-state index is -0.428. The largest absolute Gasteiger partial charge is 0.460 e. The van der Waals surface area contributed by atoms with Crippen LogP contribution < -0.4 is 0 Å². The molecule has 116 valence electrons. The molecular weight excluding hydrogens is 252 g/mol. The van der Waals surface area contributed by atoms with Gasteiger partial charge in [0.15, 0.2) is 0 Å². The molecule has 3 heteroatoms. The molecule has 0 amide bonds. The summed E-state index contributed by atoms with van der Waals surface area (Å²) in [7, 11) is 0. The number of hydrogen-bond donors (Lipinski definition) is 0. The molecule has 1 fully saturated rings. The molecule has 1 saturated carbocycles. The van der Waals surface area contributed by atoms with Gasteiger partial charge in [0.25, 0.3) is 0 Å². The minimum Gasteiger partial charge on any atom is -0.460 e. The number of unbranched alkanes of at least 4 members (excludes halogenated alkanes) is 1. The summed E-state index contributed by atoms with van der Waals surface area (Å²) < 4.78 is 11.5. The molecule has 1 rings (SSSR count). The maximum Gasteiger partial charge on any atom is 0.309 e. The molecule has 3 atom stereocenters.